The lowest BCUT2D eigenvalue weighted by Gasteiger charge is -2.20. The van der Waals surface area contributed by atoms with Gasteiger partial charge in [0.25, 0.3) is 0 Å². The van der Waals surface area contributed by atoms with Crippen molar-refractivity contribution in [3.05, 3.63) is 71.3 Å². The zero-order chi connectivity index (χ0) is 13.9. The van der Waals surface area contributed by atoms with E-state index in [0.29, 0.717) is 19.5 Å². The molecule has 1 heterocycles. The summed E-state index contributed by atoms with van der Waals surface area (Å²) in [5.74, 6) is 0.0325. The number of hydrogen-bond donors (Lipinski definition) is 1. The average Bonchev–Trinajstić information content (AvgIpc) is 2.91. The van der Waals surface area contributed by atoms with Crippen molar-refractivity contribution in [1.82, 2.24) is 4.90 Å². The van der Waals surface area contributed by atoms with Gasteiger partial charge in [-0.25, -0.2) is 0 Å². The summed E-state index contributed by atoms with van der Waals surface area (Å²) in [7, 11) is 0. The number of nitrogens with zero attached hydrogens (tertiary/aromatic N) is 1. The molecule has 1 atom stereocenters. The van der Waals surface area contributed by atoms with Crippen LogP contribution in [0.3, 0.4) is 0 Å². The fraction of sp³-hybridized carbons (Fsp3) is 0.235. The van der Waals surface area contributed by atoms with Crippen LogP contribution < -0.4 is 5.73 Å². The zero-order valence-corrected chi connectivity index (χ0v) is 11.3. The van der Waals surface area contributed by atoms with Crippen LogP contribution >= 0.6 is 0 Å². The van der Waals surface area contributed by atoms with Gasteiger partial charge in [-0.1, -0.05) is 54.6 Å². The predicted molar refractivity (Wildman–Crippen MR) is 78.8 cm³/mol. The Morgan fingerprint density at radius 1 is 1.00 bits per heavy atom. The predicted octanol–water partition coefficient (Wildman–Crippen LogP) is 2.10. The highest BCUT2D eigenvalue weighted by Gasteiger charge is 2.26. The summed E-state index contributed by atoms with van der Waals surface area (Å²) in [5.41, 5.74) is 9.63. The number of nitrogens with two attached hydrogens (primary N) is 1. The third kappa shape index (κ3) is 2.58. The molecule has 1 aliphatic heterocycles. The topological polar surface area (TPSA) is 46.3 Å². The van der Waals surface area contributed by atoms with Crippen LogP contribution in [0.2, 0.25) is 0 Å². The van der Waals surface area contributed by atoms with Crippen molar-refractivity contribution in [1.29, 1.82) is 0 Å². The van der Waals surface area contributed by atoms with E-state index in [2.05, 4.69) is 12.1 Å². The molecular formula is C17H18N2O. The first-order chi connectivity index (χ1) is 9.74. The summed E-state index contributed by atoms with van der Waals surface area (Å²) in [4.78, 5) is 14.3. The van der Waals surface area contributed by atoms with Crippen molar-refractivity contribution >= 4 is 5.91 Å². The van der Waals surface area contributed by atoms with Gasteiger partial charge >= 0.3 is 0 Å². The van der Waals surface area contributed by atoms with Crippen LogP contribution in [0.5, 0.6) is 0 Å². The molecule has 2 aromatic rings. The number of benzene rings is 2. The van der Waals surface area contributed by atoms with Crippen molar-refractivity contribution in [3.8, 4) is 0 Å². The highest BCUT2D eigenvalue weighted by molar-refractivity contribution is 5.82. The number of rotatable bonds is 3. The van der Waals surface area contributed by atoms with Crippen LogP contribution in [0.25, 0.3) is 0 Å². The maximum absolute atomic E-state index is 12.4. The summed E-state index contributed by atoms with van der Waals surface area (Å²) in [6, 6.07) is 17.6. The van der Waals surface area contributed by atoms with E-state index in [1.807, 2.05) is 47.4 Å². The van der Waals surface area contributed by atoms with E-state index >= 15 is 0 Å². The molecule has 0 aliphatic carbocycles. The van der Waals surface area contributed by atoms with Gasteiger partial charge in [-0.05, 0) is 23.1 Å². The molecule has 0 aromatic heterocycles. The van der Waals surface area contributed by atoms with E-state index in [-0.39, 0.29) is 5.91 Å². The maximum atomic E-state index is 12.4. The third-order valence-corrected chi connectivity index (χ3v) is 3.77. The van der Waals surface area contributed by atoms with Gasteiger partial charge < -0.3 is 10.6 Å². The van der Waals surface area contributed by atoms with Gasteiger partial charge in [-0.3, -0.25) is 4.79 Å². The second-order valence-electron chi connectivity index (χ2n) is 5.26. The maximum Gasteiger partial charge on any atom is 0.240 e. The first kappa shape index (κ1) is 12.9. The highest BCUT2D eigenvalue weighted by atomic mass is 16.2. The Hall–Kier alpha value is -2.13. The van der Waals surface area contributed by atoms with Gasteiger partial charge in [-0.2, -0.15) is 0 Å². The number of hydrogen-bond acceptors (Lipinski definition) is 2. The summed E-state index contributed by atoms with van der Waals surface area (Å²) in [5, 5.41) is 0. The van der Waals surface area contributed by atoms with Crippen molar-refractivity contribution < 1.29 is 4.79 Å². The average molecular weight is 266 g/mol. The van der Waals surface area contributed by atoms with Crippen molar-refractivity contribution in [3.63, 3.8) is 0 Å². The standard InChI is InChI=1S/C17H18N2O/c18-16(10-13-6-2-1-3-7-13)17(20)19-11-14-8-4-5-9-15(14)12-19/h1-9,16H,10-12,18H2/t16-/m0/s1. The molecule has 20 heavy (non-hydrogen) atoms. The summed E-state index contributed by atoms with van der Waals surface area (Å²) in [6.07, 6.45) is 0.590. The van der Waals surface area contributed by atoms with E-state index in [0.717, 1.165) is 5.56 Å². The number of carbonyl (C=O) groups is 1. The minimum atomic E-state index is -0.466. The van der Waals surface area contributed by atoms with E-state index in [4.69, 9.17) is 5.73 Å². The van der Waals surface area contributed by atoms with Crippen LogP contribution in [0.15, 0.2) is 54.6 Å². The van der Waals surface area contributed by atoms with Gasteiger partial charge in [0, 0.05) is 13.1 Å². The summed E-state index contributed by atoms with van der Waals surface area (Å²) < 4.78 is 0. The highest BCUT2D eigenvalue weighted by Crippen LogP contribution is 2.22. The van der Waals surface area contributed by atoms with Crippen molar-refractivity contribution in [2.45, 2.75) is 25.6 Å². The Kier molecular flexibility index (Phi) is 3.52. The number of amides is 1. The Balaban J connectivity index is 1.66. The van der Waals surface area contributed by atoms with E-state index in [1.165, 1.54) is 11.1 Å². The van der Waals surface area contributed by atoms with Crippen LogP contribution in [0, 0.1) is 0 Å². The Morgan fingerprint density at radius 3 is 2.15 bits per heavy atom. The minimum Gasteiger partial charge on any atom is -0.333 e. The Labute approximate surface area is 119 Å². The molecule has 3 rings (SSSR count). The molecule has 1 amide bonds. The minimum absolute atomic E-state index is 0.0325. The Morgan fingerprint density at radius 2 is 1.55 bits per heavy atom. The molecule has 3 heteroatoms. The van der Waals surface area contributed by atoms with Gasteiger partial charge in [0.1, 0.15) is 0 Å². The SMILES string of the molecule is N[C@@H](Cc1ccccc1)C(=O)N1Cc2ccccc2C1. The van der Waals surface area contributed by atoms with Crippen LogP contribution in [-0.2, 0) is 24.3 Å². The number of fused-ring (bicyclic) bond motifs is 1. The van der Waals surface area contributed by atoms with Crippen LogP contribution in [-0.4, -0.2) is 16.8 Å². The monoisotopic (exact) mass is 266 g/mol. The van der Waals surface area contributed by atoms with Crippen LogP contribution in [0.4, 0.5) is 0 Å². The van der Waals surface area contributed by atoms with Gasteiger partial charge in [-0.15, -0.1) is 0 Å². The smallest absolute Gasteiger partial charge is 0.240 e. The van der Waals surface area contributed by atoms with Gasteiger partial charge in [0.05, 0.1) is 6.04 Å². The van der Waals surface area contributed by atoms with Crippen molar-refractivity contribution in [2.75, 3.05) is 0 Å². The van der Waals surface area contributed by atoms with Gasteiger partial charge in [0.2, 0.25) is 5.91 Å². The molecule has 2 N–H and O–H groups in total. The summed E-state index contributed by atoms with van der Waals surface area (Å²) >= 11 is 0. The third-order valence-electron chi connectivity index (χ3n) is 3.77. The van der Waals surface area contributed by atoms with E-state index < -0.39 is 6.04 Å². The Bertz CT molecular complexity index is 584. The van der Waals surface area contributed by atoms with E-state index in [1.54, 1.807) is 0 Å². The normalized spacial score (nSPS) is 14.9. The molecule has 1 aliphatic rings. The van der Waals surface area contributed by atoms with Crippen LogP contribution in [0.1, 0.15) is 16.7 Å². The molecule has 2 aromatic carbocycles. The molecule has 0 spiro atoms. The zero-order valence-electron chi connectivity index (χ0n) is 11.3. The largest absolute Gasteiger partial charge is 0.333 e. The quantitative estimate of drug-likeness (QED) is 0.924. The van der Waals surface area contributed by atoms with Crippen molar-refractivity contribution in [2.24, 2.45) is 5.73 Å². The lowest BCUT2D eigenvalue weighted by molar-refractivity contribution is -0.133. The fourth-order valence-electron chi connectivity index (χ4n) is 2.68. The molecule has 0 radical (unpaired) electrons. The molecule has 102 valence electrons. The molecule has 0 bridgehead atoms. The lowest BCUT2D eigenvalue weighted by Crippen LogP contribution is -2.42. The first-order valence-electron chi connectivity index (χ1n) is 6.89. The van der Waals surface area contributed by atoms with E-state index in [9.17, 15) is 4.79 Å². The molecule has 0 saturated carbocycles. The molecular weight excluding hydrogens is 248 g/mol. The second kappa shape index (κ2) is 5.47. The van der Waals surface area contributed by atoms with Gasteiger partial charge in [0.15, 0.2) is 0 Å². The molecule has 0 saturated heterocycles. The first-order valence-corrected chi connectivity index (χ1v) is 6.89. The molecule has 3 nitrogen and oxygen atoms in total. The number of carbonyl (C=O) groups excluding carboxylic acids is 1. The molecule has 0 fully saturated rings. The molecule has 0 unspecified atom stereocenters. The fourth-order valence-corrected chi connectivity index (χ4v) is 2.68. The lowest BCUT2D eigenvalue weighted by atomic mass is 10.1. The second-order valence-corrected chi connectivity index (χ2v) is 5.26. The summed E-state index contributed by atoms with van der Waals surface area (Å²) in [6.45, 7) is 1.36.